The van der Waals surface area contributed by atoms with Gasteiger partial charge in [0.15, 0.2) is 0 Å². The van der Waals surface area contributed by atoms with Gasteiger partial charge in [-0.05, 0) is 79.6 Å². The van der Waals surface area contributed by atoms with Gasteiger partial charge in [0.1, 0.15) is 29.4 Å². The van der Waals surface area contributed by atoms with E-state index in [-0.39, 0.29) is 66.4 Å². The number of benzene rings is 2. The molecule has 2 aliphatic heterocycles. The number of carbonyl (C=O) groups excluding carboxylic acids is 2. The van der Waals surface area contributed by atoms with E-state index in [9.17, 15) is 48.1 Å². The van der Waals surface area contributed by atoms with Crippen LogP contribution >= 0.6 is 0 Å². The van der Waals surface area contributed by atoms with E-state index >= 15 is 0 Å². The van der Waals surface area contributed by atoms with E-state index in [1.54, 1.807) is 9.80 Å². The fraction of sp³-hybridized carbons (Fsp3) is 0.400. The average Bonchev–Trinajstić information content (AvgIpc) is 3.21. The maximum Gasteiger partial charge on any atom is 0.332 e. The van der Waals surface area contributed by atoms with Gasteiger partial charge < -0.3 is 20.4 Å². The zero-order valence-corrected chi connectivity index (χ0v) is 32.0. The fourth-order valence-corrected chi connectivity index (χ4v) is 7.50. The number of anilines is 2. The number of amides is 2. The molecule has 4 heterocycles. The predicted molar refractivity (Wildman–Crippen MR) is 208 cm³/mol. The summed E-state index contributed by atoms with van der Waals surface area (Å²) in [5.41, 5.74) is -1.61. The van der Waals surface area contributed by atoms with Crippen LogP contribution in [0.25, 0.3) is 0 Å². The predicted octanol–water partition coefficient (Wildman–Crippen LogP) is 1.52. The molecule has 0 radical (unpaired) electrons. The standard InChI is InChI=1S/C40H42F2N10O6/c1-47-37(55)18-35(51(39(47)57)22-27-16-29(41)10-8-25(27)20-43)49-14-5-6-31(24-49)45-33(53)12-13-34(54)46-32-7-3-4-15-50(32)36-19-38(56)48(2)40(58)52(36)23-28-17-30(42)11-9-26(28)21-44/h8-11,16-19,31-32H,3-7,12-15,22-24H2,1-2H3,(H,45,53)(H,46,54)/t31-,32-/m1/s1. The molecule has 2 amide bonds. The van der Waals surface area contributed by atoms with Gasteiger partial charge in [0, 0.05) is 64.7 Å². The zero-order valence-electron chi connectivity index (χ0n) is 32.0. The molecule has 18 heteroatoms. The van der Waals surface area contributed by atoms with Crippen molar-refractivity contribution in [2.45, 2.75) is 70.2 Å². The summed E-state index contributed by atoms with van der Waals surface area (Å²) in [5, 5.41) is 25.1. The molecule has 0 bridgehead atoms. The van der Waals surface area contributed by atoms with E-state index in [4.69, 9.17) is 0 Å². The first kappa shape index (κ1) is 40.8. The van der Waals surface area contributed by atoms with Gasteiger partial charge in [-0.2, -0.15) is 10.5 Å². The van der Waals surface area contributed by atoms with Gasteiger partial charge in [0.25, 0.3) is 11.1 Å². The van der Waals surface area contributed by atoms with Gasteiger partial charge in [-0.25, -0.2) is 18.4 Å². The Bertz CT molecular complexity index is 2580. The normalized spacial score (nSPS) is 16.7. The lowest BCUT2D eigenvalue weighted by Gasteiger charge is -2.38. The van der Waals surface area contributed by atoms with Crippen LogP contribution in [-0.2, 0) is 36.8 Å². The second-order valence-corrected chi connectivity index (χ2v) is 14.5. The smallest absolute Gasteiger partial charge is 0.332 e. The molecule has 2 aromatic carbocycles. The Kier molecular flexibility index (Phi) is 12.3. The number of rotatable bonds is 11. The van der Waals surface area contributed by atoms with Crippen LogP contribution in [0.2, 0.25) is 0 Å². The van der Waals surface area contributed by atoms with Crippen molar-refractivity contribution in [3.05, 3.63) is 124 Å². The van der Waals surface area contributed by atoms with Crippen molar-refractivity contribution in [3.63, 3.8) is 0 Å². The minimum atomic E-state index is -0.679. The number of carbonyl (C=O) groups is 2. The SMILES string of the molecule is Cn1c(=O)cc(N2CCC[C@@H](NC(=O)CCC(=O)N[C@H]3CCCCN3c3cc(=O)n(C)c(=O)n3Cc3cc(F)ccc3C#N)C2)n(Cc2cc(F)ccc2C#N)c1=O. The minimum Gasteiger partial charge on any atom is -0.356 e. The molecule has 2 aliphatic rings. The van der Waals surface area contributed by atoms with E-state index < -0.39 is 58.2 Å². The Morgan fingerprint density at radius 3 is 1.81 bits per heavy atom. The van der Waals surface area contributed by atoms with Gasteiger partial charge in [-0.1, -0.05) is 0 Å². The number of halogens is 2. The highest BCUT2D eigenvalue weighted by molar-refractivity contribution is 5.84. The summed E-state index contributed by atoms with van der Waals surface area (Å²) in [5.74, 6) is -1.55. The maximum atomic E-state index is 14.2. The largest absolute Gasteiger partial charge is 0.356 e. The summed E-state index contributed by atoms with van der Waals surface area (Å²) in [7, 11) is 2.64. The lowest BCUT2D eigenvalue weighted by atomic mass is 10.0. The summed E-state index contributed by atoms with van der Waals surface area (Å²) < 4.78 is 32.8. The molecule has 16 nitrogen and oxygen atoms in total. The molecular formula is C40H42F2N10O6. The lowest BCUT2D eigenvalue weighted by Crippen LogP contribution is -2.54. The summed E-state index contributed by atoms with van der Waals surface area (Å²) >= 11 is 0. The van der Waals surface area contributed by atoms with Crippen LogP contribution in [0.3, 0.4) is 0 Å². The van der Waals surface area contributed by atoms with E-state index in [0.717, 1.165) is 33.8 Å². The number of piperidine rings is 2. The highest BCUT2D eigenvalue weighted by atomic mass is 19.1. The van der Waals surface area contributed by atoms with Crippen LogP contribution in [-0.4, -0.2) is 61.9 Å². The molecule has 0 aliphatic carbocycles. The Balaban J connectivity index is 1.12. The quantitative estimate of drug-likeness (QED) is 0.224. The summed E-state index contributed by atoms with van der Waals surface area (Å²) in [6.07, 6.45) is 2.13. The Hall–Kier alpha value is -6.82. The number of aromatic nitrogens is 4. The molecular weight excluding hydrogens is 754 g/mol. The zero-order chi connectivity index (χ0) is 41.7. The van der Waals surface area contributed by atoms with Crippen molar-refractivity contribution in [1.82, 2.24) is 28.9 Å². The monoisotopic (exact) mass is 796 g/mol. The van der Waals surface area contributed by atoms with Gasteiger partial charge in [0.2, 0.25) is 11.8 Å². The van der Waals surface area contributed by atoms with Crippen LogP contribution in [0, 0.1) is 34.3 Å². The number of hydrogen-bond donors (Lipinski definition) is 2. The molecule has 0 unspecified atom stereocenters. The number of nitriles is 2. The molecule has 302 valence electrons. The summed E-state index contributed by atoms with van der Waals surface area (Å²) in [6.45, 7) is 0.703. The molecule has 2 atom stereocenters. The Labute approximate surface area is 330 Å². The number of nitrogens with zero attached hydrogens (tertiary/aromatic N) is 8. The molecule has 2 saturated heterocycles. The molecule has 6 rings (SSSR count). The molecule has 2 fully saturated rings. The molecule has 4 aromatic rings. The van der Waals surface area contributed by atoms with Gasteiger partial charge in [-0.3, -0.25) is 37.4 Å². The summed E-state index contributed by atoms with van der Waals surface area (Å²) in [4.78, 5) is 82.4. The van der Waals surface area contributed by atoms with Gasteiger partial charge in [0.05, 0.1) is 36.4 Å². The molecule has 0 spiro atoms. The van der Waals surface area contributed by atoms with Crippen LogP contribution in [0.15, 0.2) is 67.7 Å². The van der Waals surface area contributed by atoms with E-state index in [1.807, 2.05) is 12.1 Å². The van der Waals surface area contributed by atoms with Crippen molar-refractivity contribution in [1.29, 1.82) is 10.5 Å². The maximum absolute atomic E-state index is 14.2. The highest BCUT2D eigenvalue weighted by Gasteiger charge is 2.29. The fourth-order valence-electron chi connectivity index (χ4n) is 7.50. The molecule has 0 saturated carbocycles. The van der Waals surface area contributed by atoms with Crippen molar-refractivity contribution >= 4 is 23.5 Å². The van der Waals surface area contributed by atoms with Crippen LogP contribution < -0.4 is 42.9 Å². The second-order valence-electron chi connectivity index (χ2n) is 14.5. The lowest BCUT2D eigenvalue weighted by molar-refractivity contribution is -0.127. The first-order valence-corrected chi connectivity index (χ1v) is 18.9. The third-order valence-electron chi connectivity index (χ3n) is 10.6. The first-order chi connectivity index (χ1) is 27.8. The van der Waals surface area contributed by atoms with Crippen LogP contribution in [0.1, 0.15) is 67.2 Å². The van der Waals surface area contributed by atoms with Gasteiger partial charge in [-0.15, -0.1) is 0 Å². The van der Waals surface area contributed by atoms with Crippen LogP contribution in [0.5, 0.6) is 0 Å². The van der Waals surface area contributed by atoms with E-state index in [0.29, 0.717) is 38.8 Å². The highest BCUT2D eigenvalue weighted by Crippen LogP contribution is 2.24. The minimum absolute atomic E-state index is 0.157. The van der Waals surface area contributed by atoms with E-state index in [2.05, 4.69) is 10.6 Å². The second kappa shape index (κ2) is 17.5. The van der Waals surface area contributed by atoms with Crippen molar-refractivity contribution in [3.8, 4) is 12.1 Å². The molecule has 2 N–H and O–H groups in total. The van der Waals surface area contributed by atoms with Crippen molar-refractivity contribution in [2.24, 2.45) is 14.1 Å². The number of nitrogens with one attached hydrogen (secondary N) is 2. The van der Waals surface area contributed by atoms with Crippen molar-refractivity contribution < 1.29 is 18.4 Å². The first-order valence-electron chi connectivity index (χ1n) is 18.9. The van der Waals surface area contributed by atoms with Crippen molar-refractivity contribution in [2.75, 3.05) is 29.4 Å². The van der Waals surface area contributed by atoms with E-state index in [1.165, 1.54) is 53.6 Å². The summed E-state index contributed by atoms with van der Waals surface area (Å²) in [6, 6.07) is 13.5. The molecule has 2 aromatic heterocycles. The Morgan fingerprint density at radius 1 is 0.707 bits per heavy atom. The third-order valence-corrected chi connectivity index (χ3v) is 10.6. The van der Waals surface area contributed by atoms with Crippen LogP contribution in [0.4, 0.5) is 20.4 Å². The average molecular weight is 797 g/mol. The third kappa shape index (κ3) is 8.91. The number of hydrogen-bond acceptors (Lipinski definition) is 10. The topological polar surface area (TPSA) is 200 Å². The molecule has 58 heavy (non-hydrogen) atoms. The van der Waals surface area contributed by atoms with Gasteiger partial charge >= 0.3 is 11.4 Å². The Morgan fingerprint density at radius 2 is 1.24 bits per heavy atom.